The molecule has 1 aromatic carbocycles. The Balaban J connectivity index is 1.87. The van der Waals surface area contributed by atoms with Crippen LogP contribution in [0.15, 0.2) is 18.2 Å². The third kappa shape index (κ3) is 3.92. The van der Waals surface area contributed by atoms with Gasteiger partial charge in [-0.15, -0.1) is 0 Å². The van der Waals surface area contributed by atoms with E-state index in [9.17, 15) is 4.79 Å². The van der Waals surface area contributed by atoms with E-state index >= 15 is 0 Å². The van der Waals surface area contributed by atoms with Crippen LogP contribution in [0.4, 0.5) is 0 Å². The van der Waals surface area contributed by atoms with Crippen molar-refractivity contribution in [1.29, 1.82) is 0 Å². The third-order valence-corrected chi connectivity index (χ3v) is 4.59. The maximum absolute atomic E-state index is 12.2. The number of ketones is 1. The fourth-order valence-electron chi connectivity index (χ4n) is 2.96. The summed E-state index contributed by atoms with van der Waals surface area (Å²) in [5.41, 5.74) is 3.16. The molecule has 1 fully saturated rings. The van der Waals surface area contributed by atoms with Gasteiger partial charge >= 0.3 is 0 Å². The fourth-order valence-corrected chi connectivity index (χ4v) is 2.96. The molecule has 0 N–H and O–H groups in total. The zero-order valence-electron chi connectivity index (χ0n) is 12.9. The number of rotatable bonds is 5. The quantitative estimate of drug-likeness (QED) is 0.740. The molecule has 2 atom stereocenters. The number of aryl methyl sites for hydroxylation is 2. The molecule has 2 heteroatoms. The molecule has 0 bridgehead atoms. The van der Waals surface area contributed by atoms with Gasteiger partial charge in [0.25, 0.3) is 0 Å². The molecule has 0 saturated heterocycles. The summed E-state index contributed by atoms with van der Waals surface area (Å²) in [7, 11) is 0. The maximum Gasteiger partial charge on any atom is 0.188 e. The molecule has 0 aliphatic heterocycles. The molecule has 1 aliphatic carbocycles. The zero-order chi connectivity index (χ0) is 14.5. The average Bonchev–Trinajstić information content (AvgIpc) is 2.47. The van der Waals surface area contributed by atoms with Crippen LogP contribution in [-0.2, 0) is 4.74 Å². The molecule has 0 radical (unpaired) electrons. The molecule has 0 amide bonds. The van der Waals surface area contributed by atoms with Gasteiger partial charge in [-0.05, 0) is 49.8 Å². The molecule has 1 aromatic rings. The number of ether oxygens (including phenoxy) is 1. The minimum absolute atomic E-state index is 0.103. The minimum Gasteiger partial charge on any atom is -0.370 e. The number of hydrogen-bond donors (Lipinski definition) is 0. The topological polar surface area (TPSA) is 26.3 Å². The van der Waals surface area contributed by atoms with Gasteiger partial charge < -0.3 is 4.74 Å². The van der Waals surface area contributed by atoms with E-state index in [1.165, 1.54) is 30.4 Å². The van der Waals surface area contributed by atoms with E-state index in [1.54, 1.807) is 0 Å². The van der Waals surface area contributed by atoms with Crippen LogP contribution < -0.4 is 0 Å². The highest BCUT2D eigenvalue weighted by molar-refractivity contribution is 5.97. The summed E-state index contributed by atoms with van der Waals surface area (Å²) in [6.45, 7) is 6.57. The Morgan fingerprint density at radius 2 is 2.05 bits per heavy atom. The van der Waals surface area contributed by atoms with Crippen LogP contribution in [0.25, 0.3) is 0 Å². The van der Waals surface area contributed by atoms with Crippen LogP contribution >= 0.6 is 0 Å². The Morgan fingerprint density at radius 1 is 1.25 bits per heavy atom. The SMILES string of the molecule is CCC1CCCC(OCC(=O)c2ccc(C)c(C)c2)C1. The van der Waals surface area contributed by atoms with Gasteiger partial charge in [-0.3, -0.25) is 4.79 Å². The van der Waals surface area contributed by atoms with E-state index < -0.39 is 0 Å². The van der Waals surface area contributed by atoms with Crippen molar-refractivity contribution in [2.45, 2.75) is 59.0 Å². The first kappa shape index (κ1) is 15.2. The lowest BCUT2D eigenvalue weighted by atomic mass is 9.85. The van der Waals surface area contributed by atoms with E-state index in [1.807, 2.05) is 25.1 Å². The number of Topliss-reactive ketones (excluding diaryl/α,β-unsaturated/α-hetero) is 1. The van der Waals surface area contributed by atoms with Gasteiger partial charge in [0.05, 0.1) is 6.10 Å². The fraction of sp³-hybridized carbons (Fsp3) is 0.611. The smallest absolute Gasteiger partial charge is 0.188 e. The van der Waals surface area contributed by atoms with Crippen LogP contribution in [0.2, 0.25) is 0 Å². The molecule has 2 rings (SSSR count). The van der Waals surface area contributed by atoms with Gasteiger partial charge in [0.1, 0.15) is 6.61 Å². The Kier molecular flexibility index (Phi) is 5.36. The molecule has 110 valence electrons. The number of carbonyl (C=O) groups excluding carboxylic acids is 1. The first-order chi connectivity index (χ1) is 9.60. The summed E-state index contributed by atoms with van der Waals surface area (Å²) in [5.74, 6) is 0.886. The molecule has 2 unspecified atom stereocenters. The van der Waals surface area contributed by atoms with E-state index in [4.69, 9.17) is 4.74 Å². The third-order valence-electron chi connectivity index (χ3n) is 4.59. The van der Waals surface area contributed by atoms with Crippen molar-refractivity contribution in [2.24, 2.45) is 5.92 Å². The molecule has 0 spiro atoms. The monoisotopic (exact) mass is 274 g/mol. The van der Waals surface area contributed by atoms with Gasteiger partial charge in [0.15, 0.2) is 5.78 Å². The van der Waals surface area contributed by atoms with Crippen molar-refractivity contribution < 1.29 is 9.53 Å². The number of carbonyl (C=O) groups is 1. The van der Waals surface area contributed by atoms with E-state index in [-0.39, 0.29) is 18.5 Å². The van der Waals surface area contributed by atoms with Crippen molar-refractivity contribution in [3.63, 3.8) is 0 Å². The Labute approximate surface area is 122 Å². The molecule has 1 saturated carbocycles. The second kappa shape index (κ2) is 7.03. The molecular formula is C18H26O2. The Hall–Kier alpha value is -1.15. The van der Waals surface area contributed by atoms with E-state index in [2.05, 4.69) is 13.8 Å². The average molecular weight is 274 g/mol. The summed E-state index contributed by atoms with van der Waals surface area (Å²) < 4.78 is 5.85. The van der Waals surface area contributed by atoms with Crippen LogP contribution in [-0.4, -0.2) is 18.5 Å². The van der Waals surface area contributed by atoms with Crippen molar-refractivity contribution in [2.75, 3.05) is 6.61 Å². The molecule has 0 aromatic heterocycles. The highest BCUT2D eigenvalue weighted by Gasteiger charge is 2.22. The normalized spacial score (nSPS) is 22.8. The number of hydrogen-bond acceptors (Lipinski definition) is 2. The van der Waals surface area contributed by atoms with Gasteiger partial charge in [-0.2, -0.15) is 0 Å². The highest BCUT2D eigenvalue weighted by atomic mass is 16.5. The second-order valence-corrected chi connectivity index (χ2v) is 6.10. The van der Waals surface area contributed by atoms with Crippen LogP contribution in [0.5, 0.6) is 0 Å². The van der Waals surface area contributed by atoms with Crippen LogP contribution in [0.3, 0.4) is 0 Å². The van der Waals surface area contributed by atoms with E-state index in [0.717, 1.165) is 24.3 Å². The summed E-state index contributed by atoms with van der Waals surface area (Å²) in [6.07, 6.45) is 6.30. The van der Waals surface area contributed by atoms with E-state index in [0.29, 0.717) is 0 Å². The molecular weight excluding hydrogens is 248 g/mol. The second-order valence-electron chi connectivity index (χ2n) is 6.10. The first-order valence-corrected chi connectivity index (χ1v) is 7.82. The van der Waals surface area contributed by atoms with Crippen LogP contribution in [0, 0.1) is 19.8 Å². The van der Waals surface area contributed by atoms with Crippen LogP contribution in [0.1, 0.15) is 60.5 Å². The van der Waals surface area contributed by atoms with Gasteiger partial charge in [-0.25, -0.2) is 0 Å². The summed E-state index contributed by atoms with van der Waals surface area (Å²) >= 11 is 0. The minimum atomic E-state index is 0.103. The predicted octanol–water partition coefficient (Wildman–Crippen LogP) is 4.47. The molecule has 1 aliphatic rings. The molecule has 2 nitrogen and oxygen atoms in total. The molecule has 20 heavy (non-hydrogen) atoms. The largest absolute Gasteiger partial charge is 0.370 e. The predicted molar refractivity (Wildman–Crippen MR) is 82.2 cm³/mol. The Morgan fingerprint density at radius 3 is 2.75 bits per heavy atom. The summed E-state index contributed by atoms with van der Waals surface area (Å²) in [4.78, 5) is 12.2. The lowest BCUT2D eigenvalue weighted by molar-refractivity contribution is 0.0156. The number of benzene rings is 1. The van der Waals surface area contributed by atoms with Crippen molar-refractivity contribution in [3.8, 4) is 0 Å². The maximum atomic E-state index is 12.2. The molecule has 0 heterocycles. The van der Waals surface area contributed by atoms with Gasteiger partial charge in [-0.1, -0.05) is 38.3 Å². The van der Waals surface area contributed by atoms with Crippen molar-refractivity contribution >= 4 is 5.78 Å². The lowest BCUT2D eigenvalue weighted by Gasteiger charge is -2.28. The highest BCUT2D eigenvalue weighted by Crippen LogP contribution is 2.28. The standard InChI is InChI=1S/C18H26O2/c1-4-15-6-5-7-17(11-15)20-12-18(19)16-9-8-13(2)14(3)10-16/h8-10,15,17H,4-7,11-12H2,1-3H3. The summed E-state index contributed by atoms with van der Waals surface area (Å²) in [5, 5.41) is 0. The van der Waals surface area contributed by atoms with Gasteiger partial charge in [0.2, 0.25) is 0 Å². The van der Waals surface area contributed by atoms with Gasteiger partial charge in [0, 0.05) is 5.56 Å². The Bertz CT molecular complexity index is 464. The lowest BCUT2D eigenvalue weighted by Crippen LogP contribution is -2.25. The first-order valence-electron chi connectivity index (χ1n) is 7.82. The summed E-state index contributed by atoms with van der Waals surface area (Å²) in [6, 6.07) is 5.89. The zero-order valence-corrected chi connectivity index (χ0v) is 12.9. The van der Waals surface area contributed by atoms with Crippen molar-refractivity contribution in [1.82, 2.24) is 0 Å². The van der Waals surface area contributed by atoms with Crippen molar-refractivity contribution in [3.05, 3.63) is 34.9 Å².